The van der Waals surface area contributed by atoms with Crippen LogP contribution in [0.25, 0.3) is 0 Å². The fourth-order valence-electron chi connectivity index (χ4n) is 0.934. The van der Waals surface area contributed by atoms with Gasteiger partial charge >= 0.3 is 0 Å². The lowest BCUT2D eigenvalue weighted by atomic mass is 10.3. The van der Waals surface area contributed by atoms with Crippen molar-refractivity contribution < 1.29 is 0 Å². The maximum atomic E-state index is 5.90. The van der Waals surface area contributed by atoms with Gasteiger partial charge in [0.25, 0.3) is 0 Å². The Morgan fingerprint density at radius 2 is 2.20 bits per heavy atom. The molecule has 0 aliphatic carbocycles. The smallest absolute Gasteiger partial charge is 0.129 e. The molecule has 0 spiro atoms. The van der Waals surface area contributed by atoms with Gasteiger partial charge in [-0.3, -0.25) is 4.42 Å². The zero-order valence-electron chi connectivity index (χ0n) is 7.98. The standard InChI is InChI=1S/C10H11Cl2N3/c11-10-4-3-9(7-14-10)8-15(12)6-2-1-5-13/h1-7H,8,13H2/b5-1-,6-2-. The van der Waals surface area contributed by atoms with Crippen LogP contribution in [0.5, 0.6) is 0 Å². The lowest BCUT2D eigenvalue weighted by Crippen LogP contribution is -2.03. The molecule has 0 saturated carbocycles. The van der Waals surface area contributed by atoms with Crippen molar-refractivity contribution >= 4 is 23.4 Å². The summed E-state index contributed by atoms with van der Waals surface area (Å²) in [7, 11) is 0. The van der Waals surface area contributed by atoms with E-state index in [4.69, 9.17) is 29.1 Å². The maximum Gasteiger partial charge on any atom is 0.129 e. The second-order valence-corrected chi connectivity index (χ2v) is 3.59. The number of pyridine rings is 1. The second-order valence-electron chi connectivity index (χ2n) is 2.77. The van der Waals surface area contributed by atoms with Crippen molar-refractivity contribution in [3.63, 3.8) is 0 Å². The van der Waals surface area contributed by atoms with Gasteiger partial charge in [0.05, 0.1) is 6.54 Å². The highest BCUT2D eigenvalue weighted by Gasteiger charge is 1.97. The van der Waals surface area contributed by atoms with Crippen molar-refractivity contribution in [2.45, 2.75) is 6.54 Å². The normalized spacial score (nSPS) is 11.3. The predicted octanol–water partition coefficient (Wildman–Crippen LogP) is 2.68. The van der Waals surface area contributed by atoms with Crippen molar-refractivity contribution in [1.82, 2.24) is 9.40 Å². The van der Waals surface area contributed by atoms with Gasteiger partial charge in [0, 0.05) is 24.2 Å². The summed E-state index contributed by atoms with van der Waals surface area (Å²) >= 11 is 11.6. The van der Waals surface area contributed by atoms with Gasteiger partial charge in [-0.1, -0.05) is 17.7 Å². The van der Waals surface area contributed by atoms with E-state index in [2.05, 4.69) is 4.98 Å². The topological polar surface area (TPSA) is 42.1 Å². The van der Waals surface area contributed by atoms with Gasteiger partial charge in [-0.2, -0.15) is 0 Å². The highest BCUT2D eigenvalue weighted by atomic mass is 35.5. The number of halogens is 2. The third-order valence-electron chi connectivity index (χ3n) is 1.59. The van der Waals surface area contributed by atoms with Crippen LogP contribution < -0.4 is 5.73 Å². The summed E-state index contributed by atoms with van der Waals surface area (Å²) in [4.78, 5) is 3.95. The van der Waals surface area contributed by atoms with Gasteiger partial charge < -0.3 is 5.73 Å². The Balaban J connectivity index is 2.51. The molecule has 0 unspecified atom stereocenters. The number of nitrogens with two attached hydrogens (primary N) is 1. The Labute approximate surface area is 98.9 Å². The van der Waals surface area contributed by atoms with Crippen LogP contribution in [-0.2, 0) is 6.54 Å². The van der Waals surface area contributed by atoms with Crippen molar-refractivity contribution in [2.24, 2.45) is 5.73 Å². The van der Waals surface area contributed by atoms with Crippen LogP contribution in [0.15, 0.2) is 42.9 Å². The van der Waals surface area contributed by atoms with Crippen LogP contribution in [0.3, 0.4) is 0 Å². The highest BCUT2D eigenvalue weighted by molar-refractivity contribution is 6.29. The number of rotatable bonds is 4. The molecule has 0 atom stereocenters. The van der Waals surface area contributed by atoms with E-state index in [1.165, 1.54) is 10.6 Å². The van der Waals surface area contributed by atoms with Crippen LogP contribution in [-0.4, -0.2) is 9.40 Å². The first-order valence-electron chi connectivity index (χ1n) is 4.30. The molecule has 0 fully saturated rings. The summed E-state index contributed by atoms with van der Waals surface area (Å²) in [5.41, 5.74) is 6.15. The van der Waals surface area contributed by atoms with Gasteiger partial charge in [0.1, 0.15) is 5.15 Å². The monoisotopic (exact) mass is 243 g/mol. The lowest BCUT2D eigenvalue weighted by molar-refractivity contribution is 0.598. The Hall–Kier alpha value is -1.19. The molecule has 15 heavy (non-hydrogen) atoms. The minimum Gasteiger partial charge on any atom is -0.405 e. The van der Waals surface area contributed by atoms with Crippen LogP contribution in [0.4, 0.5) is 0 Å². The second kappa shape index (κ2) is 6.32. The van der Waals surface area contributed by atoms with E-state index in [9.17, 15) is 0 Å². The average Bonchev–Trinajstić information content (AvgIpc) is 2.22. The summed E-state index contributed by atoms with van der Waals surface area (Å²) < 4.78 is 1.50. The van der Waals surface area contributed by atoms with Gasteiger partial charge in [-0.25, -0.2) is 4.98 Å². The van der Waals surface area contributed by atoms with Crippen LogP contribution in [0, 0.1) is 0 Å². The summed E-state index contributed by atoms with van der Waals surface area (Å²) in [6.07, 6.45) is 8.26. The fourth-order valence-corrected chi connectivity index (χ4v) is 1.25. The molecule has 1 heterocycles. The molecule has 0 saturated heterocycles. The minimum atomic E-state index is 0.474. The predicted molar refractivity (Wildman–Crippen MR) is 63.1 cm³/mol. The highest BCUT2D eigenvalue weighted by Crippen LogP contribution is 2.09. The van der Waals surface area contributed by atoms with E-state index in [0.717, 1.165) is 5.56 Å². The molecule has 0 radical (unpaired) electrons. The van der Waals surface area contributed by atoms with Crippen molar-refractivity contribution in [3.05, 3.63) is 53.6 Å². The molecule has 5 heteroatoms. The zero-order chi connectivity index (χ0) is 11.1. The molecule has 1 rings (SSSR count). The Bertz CT molecular complexity index is 346. The van der Waals surface area contributed by atoms with Crippen LogP contribution >= 0.6 is 23.4 Å². The molecule has 3 nitrogen and oxygen atoms in total. The number of hydrogen-bond donors (Lipinski definition) is 1. The summed E-state index contributed by atoms with van der Waals surface area (Å²) in [6.45, 7) is 0.556. The SMILES string of the molecule is N/C=C\C=C/N(Cl)Cc1ccc(Cl)nc1. The quantitative estimate of drug-likeness (QED) is 0.503. The molecule has 0 amide bonds. The summed E-state index contributed by atoms with van der Waals surface area (Å²) in [5, 5.41) is 0.474. The van der Waals surface area contributed by atoms with E-state index < -0.39 is 0 Å². The number of nitrogens with zero attached hydrogens (tertiary/aromatic N) is 2. The first-order valence-corrected chi connectivity index (χ1v) is 5.02. The van der Waals surface area contributed by atoms with Crippen molar-refractivity contribution in [2.75, 3.05) is 0 Å². The lowest BCUT2D eigenvalue weighted by Gasteiger charge is -2.09. The van der Waals surface area contributed by atoms with Crippen LogP contribution in [0.1, 0.15) is 5.56 Å². The first kappa shape index (κ1) is 11.9. The minimum absolute atomic E-state index is 0.474. The fraction of sp³-hybridized carbons (Fsp3) is 0.100. The van der Waals surface area contributed by atoms with E-state index in [1.54, 1.807) is 30.6 Å². The maximum absolute atomic E-state index is 5.90. The Morgan fingerprint density at radius 1 is 1.40 bits per heavy atom. The van der Waals surface area contributed by atoms with E-state index in [-0.39, 0.29) is 0 Å². The molecule has 1 aromatic heterocycles. The third kappa shape index (κ3) is 4.72. The molecule has 0 aromatic carbocycles. The summed E-state index contributed by atoms with van der Waals surface area (Å²) in [5.74, 6) is 0. The van der Waals surface area contributed by atoms with E-state index in [0.29, 0.717) is 11.7 Å². The van der Waals surface area contributed by atoms with Gasteiger partial charge in [0.2, 0.25) is 0 Å². The van der Waals surface area contributed by atoms with Crippen molar-refractivity contribution in [1.29, 1.82) is 0 Å². The molecular formula is C10H11Cl2N3. The van der Waals surface area contributed by atoms with Crippen LogP contribution in [0.2, 0.25) is 5.15 Å². The first-order chi connectivity index (χ1) is 7.22. The molecule has 1 aromatic rings. The zero-order valence-corrected chi connectivity index (χ0v) is 9.49. The number of allylic oxidation sites excluding steroid dienone is 2. The van der Waals surface area contributed by atoms with Gasteiger partial charge in [0.15, 0.2) is 0 Å². The number of aromatic nitrogens is 1. The van der Waals surface area contributed by atoms with E-state index in [1.807, 2.05) is 6.07 Å². The molecule has 2 N–H and O–H groups in total. The van der Waals surface area contributed by atoms with Gasteiger partial charge in [-0.15, -0.1) is 0 Å². The molecule has 0 bridgehead atoms. The Kier molecular flexibility index (Phi) is 5.01. The number of hydrogen-bond acceptors (Lipinski definition) is 3. The molecule has 0 aliphatic heterocycles. The summed E-state index contributed by atoms with van der Waals surface area (Å²) in [6, 6.07) is 3.60. The largest absolute Gasteiger partial charge is 0.405 e. The molecule has 80 valence electrons. The van der Waals surface area contributed by atoms with Crippen molar-refractivity contribution in [3.8, 4) is 0 Å². The van der Waals surface area contributed by atoms with E-state index >= 15 is 0 Å². The Morgan fingerprint density at radius 3 is 2.80 bits per heavy atom. The third-order valence-corrected chi connectivity index (χ3v) is 2.05. The van der Waals surface area contributed by atoms with Gasteiger partial charge in [-0.05, 0) is 30.0 Å². The molecule has 0 aliphatic rings. The molecular weight excluding hydrogens is 233 g/mol. The average molecular weight is 244 g/mol.